The summed E-state index contributed by atoms with van der Waals surface area (Å²) in [6, 6.07) is 5.59. The summed E-state index contributed by atoms with van der Waals surface area (Å²) >= 11 is 0. The highest BCUT2D eigenvalue weighted by molar-refractivity contribution is 5.79. The molecular formula is C17H22F3NO3. The van der Waals surface area contributed by atoms with Crippen LogP contribution in [-0.4, -0.2) is 34.9 Å². The molecule has 0 bridgehead atoms. The minimum absolute atomic E-state index is 0.0245. The van der Waals surface area contributed by atoms with E-state index >= 15 is 0 Å². The lowest BCUT2D eigenvalue weighted by atomic mass is 9.78. The lowest BCUT2D eigenvalue weighted by molar-refractivity contribution is -0.198. The number of phenolic OH excluding ortho intramolecular Hbond substituents is 1. The molecule has 4 nitrogen and oxygen atoms in total. The number of hydrogen-bond donors (Lipinski definition) is 3. The molecule has 1 saturated carbocycles. The van der Waals surface area contributed by atoms with Gasteiger partial charge in [-0.3, -0.25) is 4.79 Å². The SMILES string of the molecule is O=C(N[C@H](CO)Cc1ccc(O)cc1)C1CCCCC1C(F)(F)F. The maximum Gasteiger partial charge on any atom is 0.392 e. The Morgan fingerprint density at radius 1 is 1.21 bits per heavy atom. The molecule has 1 amide bonds. The Morgan fingerprint density at radius 2 is 1.83 bits per heavy atom. The number of hydrogen-bond acceptors (Lipinski definition) is 3. The molecule has 2 unspecified atom stereocenters. The zero-order chi connectivity index (χ0) is 17.7. The van der Waals surface area contributed by atoms with E-state index < -0.39 is 30.0 Å². The van der Waals surface area contributed by atoms with Crippen LogP contribution in [-0.2, 0) is 11.2 Å². The summed E-state index contributed by atoms with van der Waals surface area (Å²) < 4.78 is 39.3. The Bertz CT molecular complexity index is 545. The van der Waals surface area contributed by atoms with E-state index in [4.69, 9.17) is 0 Å². The summed E-state index contributed by atoms with van der Waals surface area (Å²) in [5.41, 5.74) is 0.767. The van der Waals surface area contributed by atoms with Crippen LogP contribution in [0.4, 0.5) is 13.2 Å². The van der Waals surface area contributed by atoms with Crippen LogP contribution >= 0.6 is 0 Å². The maximum atomic E-state index is 13.1. The van der Waals surface area contributed by atoms with Gasteiger partial charge in [-0.05, 0) is 37.0 Å². The highest BCUT2D eigenvalue weighted by atomic mass is 19.4. The molecule has 1 aromatic carbocycles. The van der Waals surface area contributed by atoms with Crippen LogP contribution < -0.4 is 5.32 Å². The van der Waals surface area contributed by atoms with Gasteiger partial charge in [0.2, 0.25) is 5.91 Å². The third-order valence-electron chi connectivity index (χ3n) is 4.51. The number of nitrogens with one attached hydrogen (secondary N) is 1. The zero-order valence-corrected chi connectivity index (χ0v) is 13.2. The minimum Gasteiger partial charge on any atom is -0.508 e. The molecule has 3 N–H and O–H groups in total. The lowest BCUT2D eigenvalue weighted by Crippen LogP contribution is -2.47. The van der Waals surface area contributed by atoms with Crippen molar-refractivity contribution in [1.29, 1.82) is 0 Å². The quantitative estimate of drug-likeness (QED) is 0.769. The molecule has 24 heavy (non-hydrogen) atoms. The van der Waals surface area contributed by atoms with Gasteiger partial charge in [0.1, 0.15) is 5.75 Å². The Labute approximate surface area is 138 Å². The van der Waals surface area contributed by atoms with Crippen molar-refractivity contribution < 1.29 is 28.2 Å². The first-order valence-corrected chi connectivity index (χ1v) is 8.07. The first kappa shape index (κ1) is 18.6. The number of carbonyl (C=O) groups excluding carboxylic acids is 1. The molecule has 134 valence electrons. The summed E-state index contributed by atoms with van der Waals surface area (Å²) in [5.74, 6) is -3.25. The number of amides is 1. The van der Waals surface area contributed by atoms with Crippen LogP contribution in [0.15, 0.2) is 24.3 Å². The van der Waals surface area contributed by atoms with E-state index in [9.17, 15) is 28.2 Å². The summed E-state index contributed by atoms with van der Waals surface area (Å²) in [6.45, 7) is -0.365. The third-order valence-corrected chi connectivity index (χ3v) is 4.51. The van der Waals surface area contributed by atoms with Crippen LogP contribution in [0.1, 0.15) is 31.2 Å². The van der Waals surface area contributed by atoms with Gasteiger partial charge in [0, 0.05) is 5.92 Å². The number of benzene rings is 1. The molecule has 0 spiro atoms. The van der Waals surface area contributed by atoms with E-state index in [1.807, 2.05) is 0 Å². The number of aliphatic hydroxyl groups excluding tert-OH is 1. The molecule has 0 saturated heterocycles. The summed E-state index contributed by atoms with van der Waals surface area (Å²) in [6.07, 6.45) is -2.83. The van der Waals surface area contributed by atoms with E-state index in [1.165, 1.54) is 12.1 Å². The van der Waals surface area contributed by atoms with E-state index in [0.717, 1.165) is 5.56 Å². The van der Waals surface area contributed by atoms with Crippen molar-refractivity contribution in [2.75, 3.05) is 6.61 Å². The number of aromatic hydroxyl groups is 1. The number of rotatable bonds is 5. The van der Waals surface area contributed by atoms with Crippen LogP contribution in [0.2, 0.25) is 0 Å². The molecule has 1 aliphatic rings. The van der Waals surface area contributed by atoms with Crippen LogP contribution in [0.3, 0.4) is 0 Å². The fourth-order valence-corrected chi connectivity index (χ4v) is 3.22. The molecule has 1 aliphatic carbocycles. The summed E-state index contributed by atoms with van der Waals surface area (Å²) in [5, 5.41) is 21.2. The molecule has 1 aromatic rings. The Hall–Kier alpha value is -1.76. The Kier molecular flexibility index (Phi) is 6.10. The van der Waals surface area contributed by atoms with Gasteiger partial charge in [-0.15, -0.1) is 0 Å². The standard InChI is InChI=1S/C17H22F3NO3/c18-17(19,20)15-4-2-1-3-14(15)16(24)21-12(10-22)9-11-5-7-13(23)8-6-11/h5-8,12,14-15,22-23H,1-4,9-10H2,(H,21,24)/t12-,14?,15?/m0/s1. The van der Waals surface area contributed by atoms with E-state index in [0.29, 0.717) is 12.8 Å². The van der Waals surface area contributed by atoms with Gasteiger partial charge in [0.25, 0.3) is 0 Å². The van der Waals surface area contributed by atoms with Crippen LogP contribution in [0.25, 0.3) is 0 Å². The first-order chi connectivity index (χ1) is 11.3. The predicted molar refractivity (Wildman–Crippen MR) is 82.3 cm³/mol. The zero-order valence-electron chi connectivity index (χ0n) is 13.2. The van der Waals surface area contributed by atoms with Crippen molar-refractivity contribution in [3.8, 4) is 5.75 Å². The number of halogens is 3. The van der Waals surface area contributed by atoms with Gasteiger partial charge in [0.05, 0.1) is 18.6 Å². The Balaban J connectivity index is 2.00. The predicted octanol–water partition coefficient (Wildman–Crippen LogP) is 2.78. The Morgan fingerprint density at radius 3 is 2.42 bits per heavy atom. The maximum absolute atomic E-state index is 13.1. The average Bonchev–Trinajstić information content (AvgIpc) is 2.55. The highest BCUT2D eigenvalue weighted by Crippen LogP contribution is 2.41. The molecule has 2 rings (SSSR count). The number of carbonyl (C=O) groups is 1. The van der Waals surface area contributed by atoms with Gasteiger partial charge in [-0.1, -0.05) is 25.0 Å². The molecule has 0 heterocycles. The van der Waals surface area contributed by atoms with Crippen LogP contribution in [0, 0.1) is 11.8 Å². The molecule has 0 radical (unpaired) electrons. The lowest BCUT2D eigenvalue weighted by Gasteiger charge is -2.33. The molecular weight excluding hydrogens is 323 g/mol. The van der Waals surface area contributed by atoms with Crippen LogP contribution in [0.5, 0.6) is 5.75 Å². The van der Waals surface area contributed by atoms with Crippen molar-refractivity contribution in [1.82, 2.24) is 5.32 Å². The summed E-state index contributed by atoms with van der Waals surface area (Å²) in [4.78, 5) is 12.3. The molecule has 3 atom stereocenters. The topological polar surface area (TPSA) is 69.6 Å². The normalized spacial score (nSPS) is 22.8. The third kappa shape index (κ3) is 4.87. The van der Waals surface area contributed by atoms with Crippen molar-refractivity contribution in [3.63, 3.8) is 0 Å². The highest BCUT2D eigenvalue weighted by Gasteiger charge is 2.48. The monoisotopic (exact) mass is 345 g/mol. The average molecular weight is 345 g/mol. The second-order valence-corrected chi connectivity index (χ2v) is 6.30. The van der Waals surface area contributed by atoms with E-state index in [-0.39, 0.29) is 31.6 Å². The molecule has 0 aliphatic heterocycles. The second-order valence-electron chi connectivity index (χ2n) is 6.30. The number of aliphatic hydroxyl groups is 1. The molecule has 0 aromatic heterocycles. The summed E-state index contributed by atoms with van der Waals surface area (Å²) in [7, 11) is 0. The van der Waals surface area contributed by atoms with Crippen molar-refractivity contribution >= 4 is 5.91 Å². The van der Waals surface area contributed by atoms with E-state index in [1.54, 1.807) is 12.1 Å². The first-order valence-electron chi connectivity index (χ1n) is 8.07. The van der Waals surface area contributed by atoms with Gasteiger partial charge >= 0.3 is 6.18 Å². The molecule has 7 heteroatoms. The van der Waals surface area contributed by atoms with Gasteiger partial charge < -0.3 is 15.5 Å². The van der Waals surface area contributed by atoms with Crippen molar-refractivity contribution in [2.45, 2.75) is 44.3 Å². The number of phenols is 1. The smallest absolute Gasteiger partial charge is 0.392 e. The van der Waals surface area contributed by atoms with E-state index in [2.05, 4.69) is 5.32 Å². The minimum atomic E-state index is -4.38. The molecule has 1 fully saturated rings. The fourth-order valence-electron chi connectivity index (χ4n) is 3.22. The second kappa shape index (κ2) is 7.88. The van der Waals surface area contributed by atoms with Gasteiger partial charge in [0.15, 0.2) is 0 Å². The van der Waals surface area contributed by atoms with Crippen molar-refractivity contribution in [2.24, 2.45) is 11.8 Å². The van der Waals surface area contributed by atoms with Gasteiger partial charge in [-0.2, -0.15) is 13.2 Å². The number of alkyl halides is 3. The van der Waals surface area contributed by atoms with Crippen molar-refractivity contribution in [3.05, 3.63) is 29.8 Å². The van der Waals surface area contributed by atoms with Gasteiger partial charge in [-0.25, -0.2) is 0 Å². The largest absolute Gasteiger partial charge is 0.508 e. The fraction of sp³-hybridized carbons (Fsp3) is 0.588.